The fraction of sp³-hybridized carbons (Fsp3) is 0.583. The van der Waals surface area contributed by atoms with Gasteiger partial charge in [-0.1, -0.05) is 0 Å². The van der Waals surface area contributed by atoms with Crippen LogP contribution in [0.2, 0.25) is 0 Å². The van der Waals surface area contributed by atoms with E-state index in [-0.39, 0.29) is 12.8 Å². The zero-order valence-electron chi connectivity index (χ0n) is 9.95. The van der Waals surface area contributed by atoms with Crippen molar-refractivity contribution >= 4 is 5.69 Å². The molecule has 1 aromatic rings. The lowest BCUT2D eigenvalue weighted by Gasteiger charge is -2.35. The summed E-state index contributed by atoms with van der Waals surface area (Å²) in [4.78, 5) is 5.94. The Morgan fingerprint density at radius 1 is 1.33 bits per heavy atom. The third-order valence-corrected chi connectivity index (χ3v) is 3.40. The average molecular weight is 259 g/mol. The molecule has 0 saturated carbocycles. The molecule has 0 aromatic carbocycles. The van der Waals surface area contributed by atoms with Crippen molar-refractivity contribution in [3.63, 3.8) is 0 Å². The fourth-order valence-corrected chi connectivity index (χ4v) is 2.33. The van der Waals surface area contributed by atoms with Gasteiger partial charge in [0.25, 0.3) is 0 Å². The van der Waals surface area contributed by atoms with Crippen LogP contribution < -0.4 is 10.6 Å². The molecule has 100 valence electrons. The number of aromatic nitrogens is 1. The van der Waals surface area contributed by atoms with E-state index in [0.717, 1.165) is 11.3 Å². The van der Waals surface area contributed by atoms with E-state index in [9.17, 15) is 13.2 Å². The van der Waals surface area contributed by atoms with Crippen molar-refractivity contribution in [2.75, 3.05) is 18.0 Å². The molecule has 1 saturated heterocycles. The number of rotatable bonds is 2. The molecule has 0 unspecified atom stereocenters. The molecule has 0 bridgehead atoms. The highest BCUT2D eigenvalue weighted by Crippen LogP contribution is 2.35. The van der Waals surface area contributed by atoms with Gasteiger partial charge in [-0.05, 0) is 18.9 Å². The maximum atomic E-state index is 12.6. The van der Waals surface area contributed by atoms with Crippen LogP contribution in [0.5, 0.6) is 0 Å². The smallest absolute Gasteiger partial charge is 0.371 e. The van der Waals surface area contributed by atoms with Crippen LogP contribution in [0.25, 0.3) is 0 Å². The molecule has 1 aliphatic heterocycles. The number of nitrogens with two attached hydrogens (primary N) is 1. The van der Waals surface area contributed by atoms with E-state index in [1.54, 1.807) is 12.4 Å². The summed E-state index contributed by atoms with van der Waals surface area (Å²) >= 11 is 0. The average Bonchev–Trinajstić information content (AvgIpc) is 2.38. The minimum Gasteiger partial charge on any atom is -0.371 e. The third-order valence-electron chi connectivity index (χ3n) is 3.40. The van der Waals surface area contributed by atoms with Crippen LogP contribution in [0.3, 0.4) is 0 Å². The van der Waals surface area contributed by atoms with Crippen LogP contribution in [0.1, 0.15) is 18.4 Å². The van der Waals surface area contributed by atoms with Crippen molar-refractivity contribution < 1.29 is 13.2 Å². The lowest BCUT2D eigenvalue weighted by Crippen LogP contribution is -2.39. The van der Waals surface area contributed by atoms with Gasteiger partial charge < -0.3 is 10.6 Å². The van der Waals surface area contributed by atoms with Gasteiger partial charge in [-0.2, -0.15) is 13.2 Å². The number of hydrogen-bond donors (Lipinski definition) is 1. The van der Waals surface area contributed by atoms with Gasteiger partial charge in [0.1, 0.15) is 0 Å². The number of hydrogen-bond acceptors (Lipinski definition) is 3. The van der Waals surface area contributed by atoms with E-state index in [1.807, 2.05) is 11.0 Å². The third kappa shape index (κ3) is 2.75. The molecular weight excluding hydrogens is 243 g/mol. The first-order chi connectivity index (χ1) is 8.52. The highest BCUT2D eigenvalue weighted by atomic mass is 19.4. The normalized spacial score (nSPS) is 18.1. The lowest BCUT2D eigenvalue weighted by atomic mass is 9.95. The van der Waals surface area contributed by atoms with Gasteiger partial charge in [0.05, 0.1) is 5.92 Å². The van der Waals surface area contributed by atoms with Crippen molar-refractivity contribution in [1.29, 1.82) is 0 Å². The molecule has 2 rings (SSSR count). The first-order valence-electron chi connectivity index (χ1n) is 5.97. The minimum atomic E-state index is -4.07. The number of pyridine rings is 1. The Balaban J connectivity index is 2.06. The minimum absolute atomic E-state index is 0.149. The maximum absolute atomic E-state index is 12.6. The summed E-state index contributed by atoms with van der Waals surface area (Å²) in [5.74, 6) is -1.17. The van der Waals surface area contributed by atoms with Crippen molar-refractivity contribution in [3.8, 4) is 0 Å². The number of nitrogens with zero attached hydrogens (tertiary/aromatic N) is 2. The van der Waals surface area contributed by atoms with Crippen molar-refractivity contribution in [1.82, 2.24) is 4.98 Å². The number of piperidine rings is 1. The van der Waals surface area contributed by atoms with Crippen LogP contribution in [0.15, 0.2) is 18.5 Å². The second kappa shape index (κ2) is 5.14. The zero-order valence-corrected chi connectivity index (χ0v) is 9.95. The monoisotopic (exact) mass is 259 g/mol. The number of anilines is 1. The fourth-order valence-electron chi connectivity index (χ4n) is 2.33. The Morgan fingerprint density at radius 3 is 2.56 bits per heavy atom. The second-order valence-corrected chi connectivity index (χ2v) is 4.51. The summed E-state index contributed by atoms with van der Waals surface area (Å²) in [6, 6.07) is 1.82. The van der Waals surface area contributed by atoms with Crippen LogP contribution in [0.4, 0.5) is 18.9 Å². The molecule has 0 amide bonds. The summed E-state index contributed by atoms with van der Waals surface area (Å²) in [7, 11) is 0. The van der Waals surface area contributed by atoms with Crippen LogP contribution in [-0.4, -0.2) is 24.2 Å². The Morgan fingerprint density at radius 2 is 2.00 bits per heavy atom. The topological polar surface area (TPSA) is 42.1 Å². The van der Waals surface area contributed by atoms with Gasteiger partial charge in [0, 0.05) is 43.3 Å². The lowest BCUT2D eigenvalue weighted by molar-refractivity contribution is -0.179. The van der Waals surface area contributed by atoms with E-state index in [2.05, 4.69) is 4.98 Å². The summed E-state index contributed by atoms with van der Waals surface area (Å²) in [6.45, 7) is 1.19. The molecule has 1 aliphatic rings. The Hall–Kier alpha value is -1.30. The number of halogens is 3. The molecule has 0 atom stereocenters. The summed E-state index contributed by atoms with van der Waals surface area (Å²) in [6.07, 6.45) is -0.456. The Labute approximate surface area is 104 Å². The molecule has 2 N–H and O–H groups in total. The standard InChI is InChI=1S/C12H16F3N3/c13-12(14,15)10-2-5-18(6-3-10)11-1-4-17-8-9(11)7-16/h1,4,8,10H,2-3,5-7,16H2. The molecule has 18 heavy (non-hydrogen) atoms. The SMILES string of the molecule is NCc1cnccc1N1CCC(C(F)(F)F)CC1. The Kier molecular flexibility index (Phi) is 3.75. The van der Waals surface area contributed by atoms with Gasteiger partial charge in [-0.3, -0.25) is 4.98 Å². The van der Waals surface area contributed by atoms with Gasteiger partial charge >= 0.3 is 6.18 Å². The number of alkyl halides is 3. The maximum Gasteiger partial charge on any atom is 0.391 e. The molecular formula is C12H16F3N3. The van der Waals surface area contributed by atoms with Gasteiger partial charge in [0.2, 0.25) is 0 Å². The molecule has 6 heteroatoms. The molecule has 2 heterocycles. The molecule has 1 fully saturated rings. The van der Waals surface area contributed by atoms with E-state index in [0.29, 0.717) is 19.6 Å². The van der Waals surface area contributed by atoms with E-state index >= 15 is 0 Å². The molecule has 0 spiro atoms. The van der Waals surface area contributed by atoms with Gasteiger partial charge in [-0.15, -0.1) is 0 Å². The van der Waals surface area contributed by atoms with Crippen LogP contribution >= 0.6 is 0 Å². The first kappa shape index (κ1) is 13.1. The predicted octanol–water partition coefficient (Wildman–Crippen LogP) is 2.32. The second-order valence-electron chi connectivity index (χ2n) is 4.51. The molecule has 0 aliphatic carbocycles. The first-order valence-corrected chi connectivity index (χ1v) is 5.97. The molecule has 3 nitrogen and oxygen atoms in total. The molecule has 1 aromatic heterocycles. The van der Waals surface area contributed by atoms with Gasteiger partial charge in [-0.25, -0.2) is 0 Å². The van der Waals surface area contributed by atoms with E-state index < -0.39 is 12.1 Å². The zero-order chi connectivity index (χ0) is 13.2. The van der Waals surface area contributed by atoms with Crippen LogP contribution in [-0.2, 0) is 6.54 Å². The molecule has 0 radical (unpaired) electrons. The van der Waals surface area contributed by atoms with Gasteiger partial charge in [0.15, 0.2) is 0 Å². The van der Waals surface area contributed by atoms with Crippen molar-refractivity contribution in [2.24, 2.45) is 11.7 Å². The summed E-state index contributed by atoms with van der Waals surface area (Å²) < 4.78 is 37.7. The van der Waals surface area contributed by atoms with E-state index in [4.69, 9.17) is 5.73 Å². The van der Waals surface area contributed by atoms with Crippen molar-refractivity contribution in [2.45, 2.75) is 25.6 Å². The highest BCUT2D eigenvalue weighted by Gasteiger charge is 2.41. The predicted molar refractivity (Wildman–Crippen MR) is 63.1 cm³/mol. The van der Waals surface area contributed by atoms with Crippen LogP contribution in [0, 0.1) is 5.92 Å². The largest absolute Gasteiger partial charge is 0.391 e. The highest BCUT2D eigenvalue weighted by molar-refractivity contribution is 5.52. The quantitative estimate of drug-likeness (QED) is 0.886. The van der Waals surface area contributed by atoms with Crippen molar-refractivity contribution in [3.05, 3.63) is 24.0 Å². The van der Waals surface area contributed by atoms with E-state index in [1.165, 1.54) is 0 Å². The Bertz CT molecular complexity index is 398. The summed E-state index contributed by atoms with van der Waals surface area (Å²) in [5, 5.41) is 0. The summed E-state index contributed by atoms with van der Waals surface area (Å²) in [5.41, 5.74) is 7.40.